The maximum Gasteiger partial charge on any atom is 0.141 e. The fourth-order valence-electron chi connectivity index (χ4n) is 3.03. The van der Waals surface area contributed by atoms with Crippen molar-refractivity contribution < 1.29 is 4.39 Å². The van der Waals surface area contributed by atoms with Crippen LogP contribution in [0.3, 0.4) is 0 Å². The molecule has 0 spiro atoms. The van der Waals surface area contributed by atoms with E-state index >= 15 is 0 Å². The lowest BCUT2D eigenvalue weighted by Gasteiger charge is -2.37. The molecule has 1 aliphatic rings. The first-order chi connectivity index (χ1) is 9.97. The van der Waals surface area contributed by atoms with E-state index in [9.17, 15) is 4.39 Å². The number of aromatic nitrogens is 1. The summed E-state index contributed by atoms with van der Waals surface area (Å²) in [6, 6.07) is 3.60. The molecule has 0 aromatic carbocycles. The highest BCUT2D eigenvalue weighted by Gasteiger charge is 2.24. The van der Waals surface area contributed by atoms with Crippen molar-refractivity contribution in [2.45, 2.75) is 31.8 Å². The number of piperidine rings is 1. The molecule has 1 aliphatic heterocycles. The van der Waals surface area contributed by atoms with Crippen LogP contribution in [0.15, 0.2) is 18.3 Å². The Labute approximate surface area is 127 Å². The molecule has 4 nitrogen and oxygen atoms in total. The van der Waals surface area contributed by atoms with Gasteiger partial charge in [0.05, 0.1) is 17.9 Å². The zero-order valence-electron chi connectivity index (χ0n) is 13.3. The third-order valence-electron chi connectivity index (χ3n) is 4.59. The van der Waals surface area contributed by atoms with E-state index in [1.54, 1.807) is 6.07 Å². The summed E-state index contributed by atoms with van der Waals surface area (Å²) in [5.74, 6) is -0.0327. The number of nitrogens with zero attached hydrogens (tertiary/aromatic N) is 3. The molecule has 2 unspecified atom stereocenters. The first-order valence-electron chi connectivity index (χ1n) is 7.73. The third kappa shape index (κ3) is 4.46. The minimum Gasteiger partial charge on any atom is -0.322 e. The quantitative estimate of drug-likeness (QED) is 0.901. The van der Waals surface area contributed by atoms with E-state index in [4.69, 9.17) is 5.73 Å². The summed E-state index contributed by atoms with van der Waals surface area (Å²) in [5.41, 5.74) is 7.03. The predicted octanol–water partition coefficient (Wildman–Crippen LogP) is 1.88. The van der Waals surface area contributed by atoms with Gasteiger partial charge in [-0.15, -0.1) is 0 Å². The van der Waals surface area contributed by atoms with Gasteiger partial charge in [-0.1, -0.05) is 6.92 Å². The molecule has 2 N–H and O–H groups in total. The van der Waals surface area contributed by atoms with Gasteiger partial charge in [-0.25, -0.2) is 4.39 Å². The minimum absolute atomic E-state index is 0.153. The van der Waals surface area contributed by atoms with E-state index < -0.39 is 0 Å². The Morgan fingerprint density at radius 1 is 1.43 bits per heavy atom. The highest BCUT2D eigenvalue weighted by molar-refractivity contribution is 5.10. The average Bonchev–Trinajstić information content (AvgIpc) is 2.47. The van der Waals surface area contributed by atoms with Crippen LogP contribution in [-0.2, 0) is 0 Å². The summed E-state index contributed by atoms with van der Waals surface area (Å²) in [4.78, 5) is 8.90. The second-order valence-electron chi connectivity index (χ2n) is 6.38. The van der Waals surface area contributed by atoms with E-state index in [-0.39, 0.29) is 17.8 Å². The Balaban J connectivity index is 1.87. The molecule has 2 atom stereocenters. The monoisotopic (exact) mass is 294 g/mol. The number of hydrogen-bond acceptors (Lipinski definition) is 4. The molecule has 0 saturated carbocycles. The predicted molar refractivity (Wildman–Crippen MR) is 83.4 cm³/mol. The lowest BCUT2D eigenvalue weighted by Crippen LogP contribution is -2.44. The Morgan fingerprint density at radius 3 is 2.67 bits per heavy atom. The van der Waals surface area contributed by atoms with Gasteiger partial charge >= 0.3 is 0 Å². The molecule has 2 rings (SSSR count). The smallest absolute Gasteiger partial charge is 0.141 e. The number of pyridine rings is 1. The normalized spacial score (nSPS) is 20.7. The van der Waals surface area contributed by atoms with E-state index in [2.05, 4.69) is 35.8 Å². The molecule has 2 heterocycles. The molecule has 1 aromatic heterocycles. The number of rotatable bonds is 5. The average molecular weight is 294 g/mol. The van der Waals surface area contributed by atoms with Crippen LogP contribution >= 0.6 is 0 Å². The van der Waals surface area contributed by atoms with Gasteiger partial charge in [0.1, 0.15) is 5.82 Å². The second-order valence-corrected chi connectivity index (χ2v) is 6.38. The van der Waals surface area contributed by atoms with Crippen molar-refractivity contribution in [3.8, 4) is 0 Å². The first kappa shape index (κ1) is 16.3. The Bertz CT molecular complexity index is 428. The number of hydrogen-bond donors (Lipinski definition) is 1. The van der Waals surface area contributed by atoms with E-state index in [1.807, 2.05) is 0 Å². The molecular formula is C16H27FN4. The molecule has 1 fully saturated rings. The molecule has 1 saturated heterocycles. The molecule has 0 bridgehead atoms. The lowest BCUT2D eigenvalue weighted by atomic mass is 9.96. The van der Waals surface area contributed by atoms with Crippen LogP contribution in [0.1, 0.15) is 31.5 Å². The topological polar surface area (TPSA) is 45.4 Å². The highest BCUT2D eigenvalue weighted by atomic mass is 19.1. The molecule has 0 aliphatic carbocycles. The van der Waals surface area contributed by atoms with Crippen LogP contribution in [0.5, 0.6) is 0 Å². The van der Waals surface area contributed by atoms with Gasteiger partial charge in [0.15, 0.2) is 0 Å². The van der Waals surface area contributed by atoms with Crippen LogP contribution in [0, 0.1) is 11.7 Å². The summed E-state index contributed by atoms with van der Waals surface area (Å²) >= 11 is 0. The van der Waals surface area contributed by atoms with Crippen LogP contribution in [-0.4, -0.2) is 54.6 Å². The third-order valence-corrected chi connectivity index (χ3v) is 4.59. The summed E-state index contributed by atoms with van der Waals surface area (Å²) in [6.07, 6.45) is 3.66. The van der Waals surface area contributed by atoms with Crippen molar-refractivity contribution in [3.05, 3.63) is 29.8 Å². The highest BCUT2D eigenvalue weighted by Crippen LogP contribution is 2.21. The first-order valence-corrected chi connectivity index (χ1v) is 7.73. The summed E-state index contributed by atoms with van der Waals surface area (Å²) in [7, 11) is 4.35. The molecule has 1 aromatic rings. The Kier molecular flexibility index (Phi) is 5.67. The van der Waals surface area contributed by atoms with Gasteiger partial charge in [-0.2, -0.15) is 0 Å². The van der Waals surface area contributed by atoms with E-state index in [0.29, 0.717) is 6.04 Å². The number of likely N-dealkylation sites (tertiary alicyclic amines) is 1. The van der Waals surface area contributed by atoms with E-state index in [0.717, 1.165) is 25.3 Å². The zero-order chi connectivity index (χ0) is 15.4. The van der Waals surface area contributed by atoms with Crippen molar-refractivity contribution in [2.75, 3.05) is 33.7 Å². The molecule has 21 heavy (non-hydrogen) atoms. The van der Waals surface area contributed by atoms with Crippen molar-refractivity contribution in [1.82, 2.24) is 14.8 Å². The number of halogens is 1. The Morgan fingerprint density at radius 2 is 2.10 bits per heavy atom. The lowest BCUT2D eigenvalue weighted by molar-refractivity contribution is 0.126. The largest absolute Gasteiger partial charge is 0.322 e. The fourth-order valence-corrected chi connectivity index (χ4v) is 3.03. The van der Waals surface area contributed by atoms with Crippen molar-refractivity contribution in [3.63, 3.8) is 0 Å². The summed E-state index contributed by atoms with van der Waals surface area (Å²) in [6.45, 7) is 5.40. The van der Waals surface area contributed by atoms with Gasteiger partial charge in [0, 0.05) is 12.6 Å². The van der Waals surface area contributed by atoms with Crippen LogP contribution < -0.4 is 5.73 Å². The Hall–Kier alpha value is -1.04. The van der Waals surface area contributed by atoms with Gasteiger partial charge in [0.25, 0.3) is 0 Å². The fraction of sp³-hybridized carbons (Fsp3) is 0.688. The van der Waals surface area contributed by atoms with Crippen molar-refractivity contribution >= 4 is 0 Å². The van der Waals surface area contributed by atoms with E-state index in [1.165, 1.54) is 25.1 Å². The molecular weight excluding hydrogens is 267 g/mol. The van der Waals surface area contributed by atoms with Crippen LogP contribution in [0.4, 0.5) is 4.39 Å². The summed E-state index contributed by atoms with van der Waals surface area (Å²) < 4.78 is 12.9. The van der Waals surface area contributed by atoms with Crippen LogP contribution in [0.25, 0.3) is 0 Å². The van der Waals surface area contributed by atoms with Crippen molar-refractivity contribution in [1.29, 1.82) is 0 Å². The maximum absolute atomic E-state index is 12.9. The van der Waals surface area contributed by atoms with Gasteiger partial charge < -0.3 is 15.5 Å². The standard InChI is InChI=1S/C16H27FN4/c1-12(16(18)15-5-4-13(17)10-19-15)11-21(3)14-6-8-20(2)9-7-14/h4-5,10,12,14,16H,6-9,11,18H2,1-3H3. The van der Waals surface area contributed by atoms with Gasteiger partial charge in [-0.05, 0) is 58.1 Å². The molecule has 0 amide bonds. The maximum atomic E-state index is 12.9. The second kappa shape index (κ2) is 7.29. The molecule has 5 heteroatoms. The summed E-state index contributed by atoms with van der Waals surface area (Å²) in [5, 5.41) is 0. The van der Waals surface area contributed by atoms with Gasteiger partial charge in [0.2, 0.25) is 0 Å². The molecule has 0 radical (unpaired) electrons. The zero-order valence-corrected chi connectivity index (χ0v) is 13.3. The van der Waals surface area contributed by atoms with Crippen molar-refractivity contribution in [2.24, 2.45) is 11.7 Å². The molecule has 118 valence electrons. The minimum atomic E-state index is -0.318. The van der Waals surface area contributed by atoms with Gasteiger partial charge in [-0.3, -0.25) is 4.98 Å². The SMILES string of the molecule is CC(CN(C)C1CCN(C)CC1)C(N)c1ccc(F)cn1. The number of nitrogens with two attached hydrogens (primary N) is 1. The van der Waals surface area contributed by atoms with Crippen LogP contribution in [0.2, 0.25) is 0 Å².